The highest BCUT2D eigenvalue weighted by Gasteiger charge is 2.20. The minimum atomic E-state index is -0.259. The third kappa shape index (κ3) is 4.38. The van der Waals surface area contributed by atoms with E-state index in [1.165, 1.54) is 11.3 Å². The highest BCUT2D eigenvalue weighted by molar-refractivity contribution is 7.15. The lowest BCUT2D eigenvalue weighted by molar-refractivity contribution is 0.102. The predicted octanol–water partition coefficient (Wildman–Crippen LogP) is 5.37. The topological polar surface area (TPSA) is 85.6 Å². The molecule has 0 radical (unpaired) electrons. The van der Waals surface area contributed by atoms with E-state index in [4.69, 9.17) is 4.98 Å². The number of fused-ring (bicyclic) bond motifs is 1. The molecule has 5 aromatic rings. The summed E-state index contributed by atoms with van der Waals surface area (Å²) in [5.41, 5.74) is 3.99. The highest BCUT2D eigenvalue weighted by atomic mass is 32.1. The number of amides is 1. The van der Waals surface area contributed by atoms with E-state index < -0.39 is 0 Å². The maximum atomic E-state index is 13.3. The molecule has 8 heteroatoms. The van der Waals surface area contributed by atoms with Gasteiger partial charge >= 0.3 is 0 Å². The molecule has 2 aromatic carbocycles. The molecule has 0 saturated heterocycles. The van der Waals surface area contributed by atoms with Crippen molar-refractivity contribution in [1.29, 1.82) is 0 Å². The van der Waals surface area contributed by atoms with Gasteiger partial charge in [-0.05, 0) is 25.5 Å². The number of benzene rings is 2. The van der Waals surface area contributed by atoms with Crippen LogP contribution in [-0.4, -0.2) is 30.9 Å². The van der Waals surface area contributed by atoms with Crippen LogP contribution in [-0.2, 0) is 6.42 Å². The third-order valence-corrected chi connectivity index (χ3v) is 6.09. The second kappa shape index (κ2) is 8.91. The van der Waals surface area contributed by atoms with Gasteiger partial charge in [-0.3, -0.25) is 10.1 Å². The van der Waals surface area contributed by atoms with E-state index in [0.29, 0.717) is 28.1 Å². The number of aromatic nitrogens is 5. The van der Waals surface area contributed by atoms with Crippen molar-refractivity contribution in [3.63, 3.8) is 0 Å². The summed E-state index contributed by atoms with van der Waals surface area (Å²) < 4.78 is 1.83. The Labute approximate surface area is 195 Å². The maximum Gasteiger partial charge on any atom is 0.258 e. The molecule has 0 fully saturated rings. The zero-order valence-electron chi connectivity index (χ0n) is 18.3. The maximum absolute atomic E-state index is 13.3. The van der Waals surface area contributed by atoms with Crippen LogP contribution in [0.15, 0.2) is 72.9 Å². The van der Waals surface area contributed by atoms with Crippen molar-refractivity contribution >= 4 is 33.4 Å². The van der Waals surface area contributed by atoms with Gasteiger partial charge < -0.3 is 0 Å². The molecule has 3 heterocycles. The van der Waals surface area contributed by atoms with Crippen LogP contribution in [0.1, 0.15) is 40.8 Å². The Morgan fingerprint density at radius 2 is 1.76 bits per heavy atom. The van der Waals surface area contributed by atoms with Crippen molar-refractivity contribution in [2.24, 2.45) is 0 Å². The Bertz CT molecular complexity index is 1410. The van der Waals surface area contributed by atoms with E-state index in [9.17, 15) is 4.79 Å². The largest absolute Gasteiger partial charge is 0.296 e. The minimum Gasteiger partial charge on any atom is -0.296 e. The summed E-state index contributed by atoms with van der Waals surface area (Å²) in [5.74, 6) is -0.259. The van der Waals surface area contributed by atoms with Gasteiger partial charge in [-0.25, -0.2) is 9.67 Å². The molecule has 0 aliphatic heterocycles. The average Bonchev–Trinajstić information content (AvgIpc) is 3.46. The minimum absolute atomic E-state index is 0.112. The number of nitrogens with one attached hydrogen (secondary N) is 1. The first-order valence-corrected chi connectivity index (χ1v) is 11.5. The number of rotatable bonds is 6. The normalized spacial score (nSPS) is 11.2. The fourth-order valence-electron chi connectivity index (χ4n) is 3.65. The number of pyridine rings is 1. The Hall–Kier alpha value is -3.91. The van der Waals surface area contributed by atoms with Crippen molar-refractivity contribution in [3.8, 4) is 11.3 Å². The Morgan fingerprint density at radius 3 is 2.48 bits per heavy atom. The van der Waals surface area contributed by atoms with Crippen molar-refractivity contribution in [1.82, 2.24) is 25.0 Å². The van der Waals surface area contributed by atoms with Crippen LogP contribution in [0.5, 0.6) is 0 Å². The van der Waals surface area contributed by atoms with Gasteiger partial charge in [0.15, 0.2) is 5.65 Å². The lowest BCUT2D eigenvalue weighted by Crippen LogP contribution is -2.13. The summed E-state index contributed by atoms with van der Waals surface area (Å²) in [4.78, 5) is 18.1. The molecule has 5 rings (SSSR count). The van der Waals surface area contributed by atoms with Crippen LogP contribution < -0.4 is 5.32 Å². The van der Waals surface area contributed by atoms with E-state index in [1.54, 1.807) is 6.20 Å². The van der Waals surface area contributed by atoms with E-state index in [1.807, 2.05) is 85.3 Å². The summed E-state index contributed by atoms with van der Waals surface area (Å²) in [5, 5.41) is 17.8. The molecule has 1 amide bonds. The van der Waals surface area contributed by atoms with Gasteiger partial charge in [0.1, 0.15) is 5.01 Å². The first-order chi connectivity index (χ1) is 16.1. The molecular formula is C25H22N6OS. The van der Waals surface area contributed by atoms with Gasteiger partial charge in [0.25, 0.3) is 5.91 Å². The Kier molecular flexibility index (Phi) is 5.66. The molecule has 0 aliphatic rings. The molecule has 164 valence electrons. The SMILES string of the molecule is CC(C)n1ncc2c(C(=O)Nc3nnc(Cc4ccccc4)s3)cc(-c3ccccc3)nc21. The molecule has 0 bridgehead atoms. The lowest BCUT2D eigenvalue weighted by Gasteiger charge is -2.10. The summed E-state index contributed by atoms with van der Waals surface area (Å²) in [7, 11) is 0. The first-order valence-electron chi connectivity index (χ1n) is 10.7. The van der Waals surface area contributed by atoms with Gasteiger partial charge in [0, 0.05) is 18.0 Å². The van der Waals surface area contributed by atoms with Crippen LogP contribution in [0, 0.1) is 0 Å². The zero-order chi connectivity index (χ0) is 22.8. The molecule has 33 heavy (non-hydrogen) atoms. The van der Waals surface area contributed by atoms with E-state index >= 15 is 0 Å². The third-order valence-electron chi connectivity index (χ3n) is 5.26. The summed E-state index contributed by atoms with van der Waals surface area (Å²) in [6.07, 6.45) is 2.38. The monoisotopic (exact) mass is 454 g/mol. The average molecular weight is 455 g/mol. The van der Waals surface area contributed by atoms with Gasteiger partial charge in [0.2, 0.25) is 5.13 Å². The molecule has 7 nitrogen and oxygen atoms in total. The fraction of sp³-hybridized carbons (Fsp3) is 0.160. The molecule has 1 N–H and O–H groups in total. The highest BCUT2D eigenvalue weighted by Crippen LogP contribution is 2.27. The number of hydrogen-bond acceptors (Lipinski definition) is 6. The zero-order valence-corrected chi connectivity index (χ0v) is 19.1. The van der Waals surface area contributed by atoms with Gasteiger partial charge in [-0.1, -0.05) is 72.0 Å². The fourth-order valence-corrected chi connectivity index (χ4v) is 4.42. The predicted molar refractivity (Wildman–Crippen MR) is 130 cm³/mol. The smallest absolute Gasteiger partial charge is 0.258 e. The molecule has 0 spiro atoms. The summed E-state index contributed by atoms with van der Waals surface area (Å²) in [6, 6.07) is 21.8. The first kappa shape index (κ1) is 21.0. The van der Waals surface area contributed by atoms with Crippen molar-refractivity contribution in [2.75, 3.05) is 5.32 Å². The quantitative estimate of drug-likeness (QED) is 0.373. The van der Waals surface area contributed by atoms with E-state index in [2.05, 4.69) is 20.6 Å². The number of anilines is 1. The van der Waals surface area contributed by atoms with E-state index in [0.717, 1.165) is 21.8 Å². The van der Waals surface area contributed by atoms with Crippen LogP contribution >= 0.6 is 11.3 Å². The van der Waals surface area contributed by atoms with Crippen LogP contribution in [0.4, 0.5) is 5.13 Å². The molecule has 0 aliphatic carbocycles. The standard InChI is InChI=1S/C25H22N6OS/c1-16(2)31-23-20(15-26-31)19(14-21(27-23)18-11-7-4-8-12-18)24(32)28-25-30-29-22(33-25)13-17-9-5-3-6-10-17/h3-12,14-16H,13H2,1-2H3,(H,28,30,32). The second-order valence-electron chi connectivity index (χ2n) is 7.96. The molecular weight excluding hydrogens is 432 g/mol. The van der Waals surface area contributed by atoms with Crippen molar-refractivity contribution < 1.29 is 4.79 Å². The summed E-state index contributed by atoms with van der Waals surface area (Å²) >= 11 is 1.38. The summed E-state index contributed by atoms with van der Waals surface area (Å²) in [6.45, 7) is 4.08. The number of carbonyl (C=O) groups is 1. The van der Waals surface area contributed by atoms with Gasteiger partial charge in [0.05, 0.1) is 22.8 Å². The van der Waals surface area contributed by atoms with Crippen LogP contribution in [0.3, 0.4) is 0 Å². The lowest BCUT2D eigenvalue weighted by atomic mass is 10.1. The number of carbonyl (C=O) groups excluding carboxylic acids is 1. The van der Waals surface area contributed by atoms with Crippen molar-refractivity contribution in [3.05, 3.63) is 89.1 Å². The van der Waals surface area contributed by atoms with Crippen molar-refractivity contribution in [2.45, 2.75) is 26.3 Å². The van der Waals surface area contributed by atoms with Gasteiger partial charge in [-0.15, -0.1) is 10.2 Å². The molecule has 3 aromatic heterocycles. The van der Waals surface area contributed by atoms with Crippen LogP contribution in [0.2, 0.25) is 0 Å². The Morgan fingerprint density at radius 1 is 1.03 bits per heavy atom. The molecule has 0 unspecified atom stereocenters. The molecule has 0 saturated carbocycles. The number of hydrogen-bond donors (Lipinski definition) is 1. The van der Waals surface area contributed by atoms with Gasteiger partial charge in [-0.2, -0.15) is 5.10 Å². The Balaban J connectivity index is 1.48. The molecule has 0 atom stereocenters. The number of nitrogens with zero attached hydrogens (tertiary/aromatic N) is 5. The van der Waals surface area contributed by atoms with E-state index in [-0.39, 0.29) is 11.9 Å². The second-order valence-corrected chi connectivity index (χ2v) is 9.02. The van der Waals surface area contributed by atoms with Crippen LogP contribution in [0.25, 0.3) is 22.3 Å².